The standard InChI is InChI=1S/C15H15FN4/c1-9(17)15-19-12-7-6-10(16)13(14(12)20(15)2)11-5-3-4-8-18-11/h3-9H,17H2,1-2H3/t9-/m0/s1. The van der Waals surface area contributed by atoms with Gasteiger partial charge in [0.05, 0.1) is 28.3 Å². The number of benzene rings is 1. The number of halogens is 1. The van der Waals surface area contributed by atoms with Crippen LogP contribution in [0.1, 0.15) is 18.8 Å². The molecule has 2 aromatic heterocycles. The second-order valence-corrected chi connectivity index (χ2v) is 4.82. The monoisotopic (exact) mass is 270 g/mol. The van der Waals surface area contributed by atoms with Gasteiger partial charge in [0, 0.05) is 13.2 Å². The molecule has 0 amide bonds. The number of rotatable bonds is 2. The zero-order valence-corrected chi connectivity index (χ0v) is 11.3. The second-order valence-electron chi connectivity index (χ2n) is 4.82. The van der Waals surface area contributed by atoms with Crippen molar-refractivity contribution in [2.75, 3.05) is 0 Å². The van der Waals surface area contributed by atoms with E-state index in [1.54, 1.807) is 24.4 Å². The first kappa shape index (κ1) is 12.7. The van der Waals surface area contributed by atoms with Gasteiger partial charge in [-0.05, 0) is 31.2 Å². The van der Waals surface area contributed by atoms with Crippen LogP contribution in [0.2, 0.25) is 0 Å². The summed E-state index contributed by atoms with van der Waals surface area (Å²) in [5.41, 5.74) is 8.41. The van der Waals surface area contributed by atoms with Crippen molar-refractivity contribution in [1.29, 1.82) is 0 Å². The van der Waals surface area contributed by atoms with Gasteiger partial charge in [0.1, 0.15) is 11.6 Å². The predicted octanol–water partition coefficient (Wildman–Crippen LogP) is 2.79. The molecule has 2 heterocycles. The van der Waals surface area contributed by atoms with Crippen LogP contribution < -0.4 is 5.73 Å². The van der Waals surface area contributed by atoms with Gasteiger partial charge in [0.2, 0.25) is 0 Å². The minimum absolute atomic E-state index is 0.216. The lowest BCUT2D eigenvalue weighted by atomic mass is 10.1. The van der Waals surface area contributed by atoms with Gasteiger partial charge in [-0.2, -0.15) is 0 Å². The van der Waals surface area contributed by atoms with Gasteiger partial charge in [0.15, 0.2) is 0 Å². The molecule has 0 aliphatic heterocycles. The molecule has 0 aliphatic rings. The highest BCUT2D eigenvalue weighted by atomic mass is 19.1. The fraction of sp³-hybridized carbons (Fsp3) is 0.200. The Bertz CT molecular complexity index is 762. The maximum atomic E-state index is 14.3. The molecule has 20 heavy (non-hydrogen) atoms. The van der Waals surface area contributed by atoms with Crippen LogP contribution in [0.15, 0.2) is 36.5 Å². The van der Waals surface area contributed by atoms with Crippen LogP contribution in [-0.2, 0) is 7.05 Å². The van der Waals surface area contributed by atoms with Crippen molar-refractivity contribution in [2.45, 2.75) is 13.0 Å². The summed E-state index contributed by atoms with van der Waals surface area (Å²) in [4.78, 5) is 8.73. The molecule has 5 heteroatoms. The first-order chi connectivity index (χ1) is 9.59. The number of aromatic nitrogens is 3. The van der Waals surface area contributed by atoms with E-state index in [0.29, 0.717) is 11.3 Å². The third kappa shape index (κ3) is 1.87. The van der Waals surface area contributed by atoms with E-state index in [1.807, 2.05) is 24.6 Å². The molecule has 0 unspecified atom stereocenters. The Morgan fingerprint density at radius 1 is 1.25 bits per heavy atom. The topological polar surface area (TPSA) is 56.7 Å². The molecule has 1 atom stereocenters. The van der Waals surface area contributed by atoms with Crippen LogP contribution in [0.3, 0.4) is 0 Å². The minimum atomic E-state index is -0.310. The molecular formula is C15H15FN4. The van der Waals surface area contributed by atoms with Crippen molar-refractivity contribution in [3.63, 3.8) is 0 Å². The predicted molar refractivity (Wildman–Crippen MR) is 76.5 cm³/mol. The Balaban J connectivity index is 2.39. The van der Waals surface area contributed by atoms with Crippen molar-refractivity contribution in [2.24, 2.45) is 12.8 Å². The van der Waals surface area contributed by atoms with Crippen LogP contribution in [0.4, 0.5) is 4.39 Å². The molecule has 4 nitrogen and oxygen atoms in total. The lowest BCUT2D eigenvalue weighted by molar-refractivity contribution is 0.631. The van der Waals surface area contributed by atoms with Crippen LogP contribution in [-0.4, -0.2) is 14.5 Å². The first-order valence-electron chi connectivity index (χ1n) is 6.41. The lowest BCUT2D eigenvalue weighted by Crippen LogP contribution is -2.11. The van der Waals surface area contributed by atoms with Crippen molar-refractivity contribution in [1.82, 2.24) is 14.5 Å². The third-order valence-corrected chi connectivity index (χ3v) is 3.35. The summed E-state index contributed by atoms with van der Waals surface area (Å²) >= 11 is 0. The number of hydrogen-bond acceptors (Lipinski definition) is 3. The van der Waals surface area contributed by atoms with Gasteiger partial charge in [-0.3, -0.25) is 4.98 Å². The number of imidazole rings is 1. The molecule has 0 spiro atoms. The van der Waals surface area contributed by atoms with Gasteiger partial charge in [-0.1, -0.05) is 6.07 Å². The van der Waals surface area contributed by atoms with Gasteiger partial charge < -0.3 is 10.3 Å². The zero-order valence-electron chi connectivity index (χ0n) is 11.3. The van der Waals surface area contributed by atoms with Crippen molar-refractivity contribution >= 4 is 11.0 Å². The Hall–Kier alpha value is -2.27. The van der Waals surface area contributed by atoms with Crippen LogP contribution in [0.25, 0.3) is 22.3 Å². The normalized spacial score (nSPS) is 12.8. The highest BCUT2D eigenvalue weighted by Crippen LogP contribution is 2.31. The fourth-order valence-corrected chi connectivity index (χ4v) is 2.46. The molecule has 0 radical (unpaired) electrons. The first-order valence-corrected chi connectivity index (χ1v) is 6.41. The summed E-state index contributed by atoms with van der Waals surface area (Å²) in [6.07, 6.45) is 1.65. The molecule has 1 aromatic carbocycles. The SMILES string of the molecule is C[C@H](N)c1nc2ccc(F)c(-c3ccccn3)c2n1C. The van der Waals surface area contributed by atoms with E-state index >= 15 is 0 Å². The average Bonchev–Trinajstić information content (AvgIpc) is 2.78. The number of pyridine rings is 1. The Kier molecular flexibility index (Phi) is 2.99. The Morgan fingerprint density at radius 3 is 2.70 bits per heavy atom. The summed E-state index contributed by atoms with van der Waals surface area (Å²) in [5.74, 6) is 0.415. The number of nitrogens with two attached hydrogens (primary N) is 1. The molecule has 3 aromatic rings. The summed E-state index contributed by atoms with van der Waals surface area (Å²) in [7, 11) is 1.85. The molecule has 0 saturated carbocycles. The van der Waals surface area contributed by atoms with Crippen molar-refractivity contribution in [3.05, 3.63) is 48.2 Å². The third-order valence-electron chi connectivity index (χ3n) is 3.35. The largest absolute Gasteiger partial charge is 0.329 e. The molecule has 2 N–H and O–H groups in total. The van der Waals surface area contributed by atoms with Crippen LogP contribution in [0.5, 0.6) is 0 Å². The number of fused-ring (bicyclic) bond motifs is 1. The molecule has 0 bridgehead atoms. The van der Waals surface area contributed by atoms with E-state index in [9.17, 15) is 4.39 Å². The molecule has 3 rings (SSSR count). The quantitative estimate of drug-likeness (QED) is 0.779. The van der Waals surface area contributed by atoms with Gasteiger partial charge >= 0.3 is 0 Å². The fourth-order valence-electron chi connectivity index (χ4n) is 2.46. The van der Waals surface area contributed by atoms with Gasteiger partial charge in [0.25, 0.3) is 0 Å². The smallest absolute Gasteiger partial charge is 0.134 e. The highest BCUT2D eigenvalue weighted by Gasteiger charge is 2.18. The minimum Gasteiger partial charge on any atom is -0.329 e. The maximum absolute atomic E-state index is 14.3. The zero-order chi connectivity index (χ0) is 14.3. The number of hydrogen-bond donors (Lipinski definition) is 1. The lowest BCUT2D eigenvalue weighted by Gasteiger charge is -2.08. The molecular weight excluding hydrogens is 255 g/mol. The van der Waals surface area contributed by atoms with E-state index in [-0.39, 0.29) is 11.9 Å². The molecule has 0 aliphatic carbocycles. The number of nitrogens with zero attached hydrogens (tertiary/aromatic N) is 3. The summed E-state index contributed by atoms with van der Waals surface area (Å²) < 4.78 is 16.1. The van der Waals surface area contributed by atoms with Crippen LogP contribution in [0, 0.1) is 5.82 Å². The van der Waals surface area contributed by atoms with E-state index in [0.717, 1.165) is 16.9 Å². The molecule has 0 saturated heterocycles. The second kappa shape index (κ2) is 4.68. The van der Waals surface area contributed by atoms with E-state index in [4.69, 9.17) is 5.73 Å². The van der Waals surface area contributed by atoms with E-state index < -0.39 is 0 Å². The molecule has 0 fully saturated rings. The summed E-state index contributed by atoms with van der Waals surface area (Å²) in [5, 5.41) is 0. The van der Waals surface area contributed by atoms with Crippen LogP contribution >= 0.6 is 0 Å². The maximum Gasteiger partial charge on any atom is 0.134 e. The van der Waals surface area contributed by atoms with Gasteiger partial charge in [-0.15, -0.1) is 0 Å². The summed E-state index contributed by atoms with van der Waals surface area (Å²) in [6, 6.07) is 8.30. The van der Waals surface area contributed by atoms with Gasteiger partial charge in [-0.25, -0.2) is 9.37 Å². The number of aryl methyl sites for hydroxylation is 1. The average molecular weight is 270 g/mol. The van der Waals surface area contributed by atoms with Crippen molar-refractivity contribution < 1.29 is 4.39 Å². The Morgan fingerprint density at radius 2 is 2.05 bits per heavy atom. The Labute approximate surface area is 116 Å². The molecule has 102 valence electrons. The summed E-state index contributed by atoms with van der Waals surface area (Å²) in [6.45, 7) is 1.86. The van der Waals surface area contributed by atoms with Crippen molar-refractivity contribution in [3.8, 4) is 11.3 Å². The van der Waals surface area contributed by atoms with E-state index in [1.165, 1.54) is 6.07 Å². The van der Waals surface area contributed by atoms with E-state index in [2.05, 4.69) is 9.97 Å². The highest BCUT2D eigenvalue weighted by molar-refractivity contribution is 5.92.